The van der Waals surface area contributed by atoms with Crippen LogP contribution in [-0.2, 0) is 0 Å². The van der Waals surface area contributed by atoms with Crippen LogP contribution in [0.3, 0.4) is 0 Å². The van der Waals surface area contributed by atoms with Gasteiger partial charge in [-0.1, -0.05) is 42.2 Å². The maximum atomic E-state index is 4.30. The topological polar surface area (TPSA) is 0 Å². The summed E-state index contributed by atoms with van der Waals surface area (Å²) in [6.45, 7) is 0. The van der Waals surface area contributed by atoms with E-state index >= 15 is 0 Å². The quantitative estimate of drug-likeness (QED) is 0.436. The van der Waals surface area contributed by atoms with Crippen LogP contribution in [0.4, 0.5) is 0 Å². The molecule has 0 fully saturated rings. The highest BCUT2D eigenvalue weighted by molar-refractivity contribution is 7.80. The summed E-state index contributed by atoms with van der Waals surface area (Å²) in [4.78, 5) is 0.974. The number of thiol groups is 1. The Kier molecular flexibility index (Phi) is 3.61. The summed E-state index contributed by atoms with van der Waals surface area (Å²) in [5.41, 5.74) is 7.38. The molecule has 1 aliphatic carbocycles. The van der Waals surface area contributed by atoms with Gasteiger partial charge in [-0.05, 0) is 47.5 Å². The number of benzene rings is 2. The minimum absolute atomic E-state index is 0.929. The lowest BCUT2D eigenvalue weighted by molar-refractivity contribution is 1.47. The number of rotatable bonds is 1. The van der Waals surface area contributed by atoms with Crippen molar-refractivity contribution in [2.45, 2.75) is 4.90 Å². The van der Waals surface area contributed by atoms with E-state index < -0.39 is 0 Å². The summed E-state index contributed by atoms with van der Waals surface area (Å²) in [5.74, 6) is 6.23. The van der Waals surface area contributed by atoms with Crippen LogP contribution < -0.4 is 0 Å². The molecule has 0 N–H and O–H groups in total. The molecule has 94 valence electrons. The van der Waals surface area contributed by atoms with E-state index in [1.165, 1.54) is 11.1 Å². The highest BCUT2D eigenvalue weighted by Crippen LogP contribution is 2.21. The minimum atomic E-state index is 0.929. The van der Waals surface area contributed by atoms with Crippen molar-refractivity contribution in [2.75, 3.05) is 0 Å². The van der Waals surface area contributed by atoms with Crippen LogP contribution in [0.5, 0.6) is 0 Å². The average molecular weight is 272 g/mol. The van der Waals surface area contributed by atoms with Crippen molar-refractivity contribution in [3.05, 3.63) is 83.6 Å². The van der Waals surface area contributed by atoms with E-state index in [2.05, 4.69) is 54.5 Å². The monoisotopic (exact) mass is 272 g/mol. The van der Waals surface area contributed by atoms with Gasteiger partial charge >= 0.3 is 0 Å². The van der Waals surface area contributed by atoms with Crippen LogP contribution in [0.25, 0.3) is 11.1 Å². The lowest BCUT2D eigenvalue weighted by Crippen LogP contribution is -1.79. The number of allylic oxidation sites excluding steroid dienone is 3. The largest absolute Gasteiger partial charge is 0.143 e. The zero-order chi connectivity index (χ0) is 13.8. The van der Waals surface area contributed by atoms with E-state index in [1.54, 1.807) is 0 Å². The van der Waals surface area contributed by atoms with Gasteiger partial charge in [0.25, 0.3) is 0 Å². The number of hydrogen-bond donors (Lipinski definition) is 1. The van der Waals surface area contributed by atoms with Crippen molar-refractivity contribution in [3.63, 3.8) is 0 Å². The Balaban J connectivity index is 1.82. The second-order valence-electron chi connectivity index (χ2n) is 4.46. The normalized spacial score (nSPS) is 11.9. The summed E-state index contributed by atoms with van der Waals surface area (Å²) in [5, 5.41) is 0. The minimum Gasteiger partial charge on any atom is -0.143 e. The Morgan fingerprint density at radius 2 is 1.45 bits per heavy atom. The van der Waals surface area contributed by atoms with E-state index in [4.69, 9.17) is 0 Å². The predicted molar refractivity (Wildman–Crippen MR) is 86.7 cm³/mol. The van der Waals surface area contributed by atoms with Crippen LogP contribution >= 0.6 is 12.6 Å². The van der Waals surface area contributed by atoms with Crippen LogP contribution in [0.15, 0.2) is 83.0 Å². The third-order valence-corrected chi connectivity index (χ3v) is 3.32. The molecule has 0 aliphatic heterocycles. The maximum absolute atomic E-state index is 4.30. The van der Waals surface area contributed by atoms with Gasteiger partial charge in [-0.2, -0.15) is 0 Å². The molecule has 0 saturated carbocycles. The molecule has 0 saturated heterocycles. The third-order valence-electron chi connectivity index (χ3n) is 3.02. The molecule has 20 heavy (non-hydrogen) atoms. The van der Waals surface area contributed by atoms with Gasteiger partial charge in [-0.3, -0.25) is 0 Å². The van der Waals surface area contributed by atoms with Gasteiger partial charge in [0, 0.05) is 10.5 Å². The van der Waals surface area contributed by atoms with E-state index in [0.717, 1.165) is 16.0 Å². The molecule has 2 aromatic carbocycles. The fraction of sp³-hybridized carbons (Fsp3) is 0. The Bertz CT molecular complexity index is 772. The second kappa shape index (κ2) is 5.72. The SMILES string of the molecule is Sc1ccc(-c2ccc(C#CC3=C=CC=C3)cc2)cc1. The van der Waals surface area contributed by atoms with E-state index in [1.807, 2.05) is 42.5 Å². The van der Waals surface area contributed by atoms with Crippen molar-refractivity contribution in [1.29, 1.82) is 0 Å². The van der Waals surface area contributed by atoms with Crippen molar-refractivity contribution >= 4 is 12.6 Å². The fourth-order valence-electron chi connectivity index (χ4n) is 1.95. The van der Waals surface area contributed by atoms with Gasteiger partial charge in [-0.15, -0.1) is 18.4 Å². The van der Waals surface area contributed by atoms with Gasteiger partial charge in [0.2, 0.25) is 0 Å². The Morgan fingerprint density at radius 3 is 2.05 bits per heavy atom. The summed E-state index contributed by atoms with van der Waals surface area (Å²) < 4.78 is 0. The molecule has 0 bridgehead atoms. The molecule has 0 unspecified atom stereocenters. The third kappa shape index (κ3) is 2.95. The molecule has 1 heteroatoms. The molecule has 3 rings (SSSR count). The molecule has 1 aliphatic rings. The summed E-state index contributed by atoms with van der Waals surface area (Å²) >= 11 is 4.30. The fourth-order valence-corrected chi connectivity index (χ4v) is 2.10. The Labute approximate surface area is 124 Å². The van der Waals surface area contributed by atoms with Crippen molar-refractivity contribution in [2.24, 2.45) is 0 Å². The van der Waals surface area contributed by atoms with E-state index in [9.17, 15) is 0 Å². The molecule has 0 spiro atoms. The van der Waals surface area contributed by atoms with Crippen LogP contribution in [0.2, 0.25) is 0 Å². The average Bonchev–Trinajstić information content (AvgIpc) is 3.00. The Hall–Kier alpha value is -2.39. The first-order chi connectivity index (χ1) is 9.81. The van der Waals surface area contributed by atoms with Gasteiger partial charge in [0.1, 0.15) is 0 Å². The van der Waals surface area contributed by atoms with Crippen LogP contribution in [0.1, 0.15) is 5.56 Å². The second-order valence-corrected chi connectivity index (χ2v) is 4.97. The first kappa shape index (κ1) is 12.6. The smallest absolute Gasteiger partial charge is 0.0667 e. The molecular weight excluding hydrogens is 260 g/mol. The summed E-state index contributed by atoms with van der Waals surface area (Å²) in [6.07, 6.45) is 5.77. The lowest BCUT2D eigenvalue weighted by Gasteiger charge is -2.02. The van der Waals surface area contributed by atoms with Gasteiger partial charge in [0.05, 0.1) is 5.57 Å². The van der Waals surface area contributed by atoms with Gasteiger partial charge in [-0.25, -0.2) is 0 Å². The molecule has 0 atom stereocenters. The molecule has 0 radical (unpaired) electrons. The van der Waals surface area contributed by atoms with Crippen molar-refractivity contribution in [1.82, 2.24) is 0 Å². The first-order valence-corrected chi connectivity index (χ1v) is 6.81. The van der Waals surface area contributed by atoms with E-state index in [0.29, 0.717) is 0 Å². The Morgan fingerprint density at radius 1 is 0.800 bits per heavy atom. The molecule has 0 amide bonds. The highest BCUT2D eigenvalue weighted by Gasteiger charge is 1.97. The molecule has 0 aromatic heterocycles. The zero-order valence-corrected chi connectivity index (χ0v) is 11.7. The lowest BCUT2D eigenvalue weighted by atomic mass is 10.0. The zero-order valence-electron chi connectivity index (χ0n) is 10.8. The standard InChI is InChI=1S/C19H12S/c20-19-13-11-18(12-14-19)17-9-7-16(8-10-17)6-5-15-3-1-2-4-15/h1-3,7-14,20H. The first-order valence-electron chi connectivity index (χ1n) is 6.36. The molecule has 0 heterocycles. The highest BCUT2D eigenvalue weighted by atomic mass is 32.1. The molecule has 0 nitrogen and oxygen atoms in total. The maximum Gasteiger partial charge on any atom is 0.0667 e. The van der Waals surface area contributed by atoms with Crippen LogP contribution in [-0.4, -0.2) is 0 Å². The summed E-state index contributed by atoms with van der Waals surface area (Å²) in [6, 6.07) is 16.4. The molecule has 2 aromatic rings. The number of hydrogen-bond acceptors (Lipinski definition) is 1. The predicted octanol–water partition coefficient (Wildman–Crippen LogP) is 4.65. The molecular formula is C19H12S. The van der Waals surface area contributed by atoms with E-state index in [-0.39, 0.29) is 0 Å². The van der Waals surface area contributed by atoms with Gasteiger partial charge < -0.3 is 0 Å². The summed E-state index contributed by atoms with van der Waals surface area (Å²) in [7, 11) is 0. The van der Waals surface area contributed by atoms with Crippen molar-refractivity contribution < 1.29 is 0 Å². The van der Waals surface area contributed by atoms with Crippen LogP contribution in [0, 0.1) is 11.8 Å². The van der Waals surface area contributed by atoms with Crippen molar-refractivity contribution in [3.8, 4) is 23.0 Å². The van der Waals surface area contributed by atoms with Gasteiger partial charge in [0.15, 0.2) is 0 Å².